The van der Waals surface area contributed by atoms with Gasteiger partial charge in [0, 0.05) is 26.2 Å². The summed E-state index contributed by atoms with van der Waals surface area (Å²) in [4.78, 5) is 16.6. The fourth-order valence-electron chi connectivity index (χ4n) is 2.52. The van der Waals surface area contributed by atoms with Gasteiger partial charge in [-0.1, -0.05) is 0 Å². The molecule has 85 valence electrons. The van der Waals surface area contributed by atoms with Gasteiger partial charge in [-0.05, 0) is 33.4 Å². The van der Waals surface area contributed by atoms with Crippen molar-refractivity contribution >= 4 is 5.91 Å². The van der Waals surface area contributed by atoms with Gasteiger partial charge in [0.15, 0.2) is 0 Å². The third kappa shape index (κ3) is 1.88. The molecule has 2 heterocycles. The van der Waals surface area contributed by atoms with Crippen LogP contribution in [0.2, 0.25) is 0 Å². The van der Waals surface area contributed by atoms with Crippen molar-refractivity contribution in [3.63, 3.8) is 0 Å². The highest BCUT2D eigenvalue weighted by atomic mass is 16.2. The molecule has 4 heteroatoms. The topological polar surface area (TPSA) is 37.7 Å². The van der Waals surface area contributed by atoms with Gasteiger partial charge in [0.05, 0.1) is 5.54 Å². The molecule has 0 saturated carbocycles. The van der Waals surface area contributed by atoms with Crippen molar-refractivity contribution in [2.45, 2.75) is 25.3 Å². The van der Waals surface area contributed by atoms with Crippen molar-refractivity contribution in [1.82, 2.24) is 15.1 Å². The summed E-state index contributed by atoms with van der Waals surface area (Å²) >= 11 is 0. The van der Waals surface area contributed by atoms with Crippen molar-refractivity contribution < 1.29 is 4.79 Å². The molecule has 0 spiro atoms. The van der Waals surface area contributed by atoms with Crippen LogP contribution in [0.5, 0.6) is 0 Å². The van der Waals surface area contributed by atoms with E-state index in [1.165, 1.54) is 0 Å². The standard InChI is InChI=1S/C11H20N3O/c1-11(4-3-7-13(11)2)10(15)14-8-5-12-6-9-14/h3-9H2,1-2H3/t11-/m0/s1. The number of hydrogen-bond donors (Lipinski definition) is 0. The van der Waals surface area contributed by atoms with Crippen LogP contribution in [0.4, 0.5) is 0 Å². The van der Waals surface area contributed by atoms with Gasteiger partial charge in [0.1, 0.15) is 0 Å². The highest BCUT2D eigenvalue weighted by molar-refractivity contribution is 5.86. The lowest BCUT2D eigenvalue weighted by atomic mass is 9.97. The second kappa shape index (κ2) is 4.10. The molecule has 2 aliphatic rings. The van der Waals surface area contributed by atoms with Crippen LogP contribution in [0.1, 0.15) is 19.8 Å². The molecule has 0 N–H and O–H groups in total. The van der Waals surface area contributed by atoms with Crippen LogP contribution in [0, 0.1) is 0 Å². The van der Waals surface area contributed by atoms with E-state index in [1.807, 2.05) is 4.90 Å². The number of carbonyl (C=O) groups excluding carboxylic acids is 1. The molecule has 0 aromatic rings. The number of amides is 1. The smallest absolute Gasteiger partial charge is 0.242 e. The van der Waals surface area contributed by atoms with Crippen molar-refractivity contribution in [2.24, 2.45) is 0 Å². The molecule has 0 aromatic carbocycles. The molecule has 2 rings (SSSR count). The predicted molar refractivity (Wildman–Crippen MR) is 58.7 cm³/mol. The number of nitrogens with zero attached hydrogens (tertiary/aromatic N) is 3. The molecule has 0 unspecified atom stereocenters. The normalized spacial score (nSPS) is 33.3. The zero-order valence-corrected chi connectivity index (χ0v) is 9.70. The molecular weight excluding hydrogens is 190 g/mol. The second-order valence-corrected chi connectivity index (χ2v) is 4.76. The molecule has 1 atom stereocenters. The lowest BCUT2D eigenvalue weighted by molar-refractivity contribution is -0.141. The van der Waals surface area contributed by atoms with Gasteiger partial charge < -0.3 is 4.90 Å². The first-order valence-electron chi connectivity index (χ1n) is 5.78. The summed E-state index contributed by atoms with van der Waals surface area (Å²) in [6, 6.07) is 0. The molecule has 4 nitrogen and oxygen atoms in total. The third-order valence-electron chi connectivity index (χ3n) is 3.80. The summed E-state index contributed by atoms with van der Waals surface area (Å²) in [6.07, 6.45) is 2.13. The Bertz CT molecular complexity index is 250. The predicted octanol–water partition coefficient (Wildman–Crippen LogP) is -0.0827. The minimum atomic E-state index is -0.253. The number of piperazine rings is 1. The quantitative estimate of drug-likeness (QED) is 0.607. The average Bonchev–Trinajstić information content (AvgIpc) is 2.61. The van der Waals surface area contributed by atoms with E-state index >= 15 is 0 Å². The Balaban J connectivity index is 2.05. The highest BCUT2D eigenvalue weighted by Crippen LogP contribution is 2.29. The Morgan fingerprint density at radius 3 is 2.47 bits per heavy atom. The molecule has 0 aromatic heterocycles. The molecule has 2 aliphatic heterocycles. The molecule has 1 amide bonds. The van der Waals surface area contributed by atoms with Crippen LogP contribution in [-0.2, 0) is 4.79 Å². The van der Waals surface area contributed by atoms with E-state index in [2.05, 4.69) is 24.2 Å². The molecular formula is C11H20N3O. The molecule has 0 aliphatic carbocycles. The van der Waals surface area contributed by atoms with Crippen LogP contribution in [0.3, 0.4) is 0 Å². The number of hydrogen-bond acceptors (Lipinski definition) is 2. The van der Waals surface area contributed by atoms with E-state index in [9.17, 15) is 4.79 Å². The maximum absolute atomic E-state index is 12.4. The summed E-state index contributed by atoms with van der Waals surface area (Å²) in [6.45, 7) is 6.36. The Morgan fingerprint density at radius 2 is 1.93 bits per heavy atom. The Labute approximate surface area is 91.6 Å². The van der Waals surface area contributed by atoms with Crippen molar-refractivity contribution in [3.05, 3.63) is 0 Å². The van der Waals surface area contributed by atoms with Crippen LogP contribution >= 0.6 is 0 Å². The summed E-state index contributed by atoms with van der Waals surface area (Å²) in [7, 11) is 2.05. The second-order valence-electron chi connectivity index (χ2n) is 4.76. The van der Waals surface area contributed by atoms with Gasteiger partial charge in [-0.15, -0.1) is 0 Å². The summed E-state index contributed by atoms with van der Waals surface area (Å²) < 4.78 is 0. The van der Waals surface area contributed by atoms with E-state index in [0.29, 0.717) is 5.91 Å². The Morgan fingerprint density at radius 1 is 1.27 bits per heavy atom. The number of rotatable bonds is 1. The van der Waals surface area contributed by atoms with Gasteiger partial charge in [-0.25, -0.2) is 5.32 Å². The molecule has 0 bridgehead atoms. The van der Waals surface area contributed by atoms with Gasteiger partial charge in [0.25, 0.3) is 0 Å². The maximum Gasteiger partial charge on any atom is 0.242 e. The van der Waals surface area contributed by atoms with E-state index in [4.69, 9.17) is 0 Å². The fraction of sp³-hybridized carbons (Fsp3) is 0.909. The lowest BCUT2D eigenvalue weighted by Gasteiger charge is -2.37. The van der Waals surface area contributed by atoms with Gasteiger partial charge in [-0.2, -0.15) is 0 Å². The average molecular weight is 210 g/mol. The van der Waals surface area contributed by atoms with Crippen LogP contribution in [-0.4, -0.2) is 61.0 Å². The minimum absolute atomic E-state index is 0.253. The van der Waals surface area contributed by atoms with Gasteiger partial charge in [-0.3, -0.25) is 9.69 Å². The first-order chi connectivity index (χ1) is 7.14. The SMILES string of the molecule is CN1CCC[C@@]1(C)C(=O)N1CC[N]CC1. The minimum Gasteiger partial charge on any atom is -0.338 e. The number of carbonyl (C=O) groups is 1. The third-order valence-corrected chi connectivity index (χ3v) is 3.80. The van der Waals surface area contributed by atoms with E-state index in [-0.39, 0.29) is 5.54 Å². The molecule has 1 radical (unpaired) electrons. The van der Waals surface area contributed by atoms with Gasteiger partial charge >= 0.3 is 0 Å². The summed E-state index contributed by atoms with van der Waals surface area (Å²) in [5.41, 5.74) is -0.253. The maximum atomic E-state index is 12.4. The summed E-state index contributed by atoms with van der Waals surface area (Å²) in [5, 5.41) is 4.27. The van der Waals surface area contributed by atoms with E-state index < -0.39 is 0 Å². The Hall–Kier alpha value is -0.610. The van der Waals surface area contributed by atoms with Crippen LogP contribution in [0.15, 0.2) is 0 Å². The zero-order chi connectivity index (χ0) is 10.9. The van der Waals surface area contributed by atoms with Crippen LogP contribution in [0.25, 0.3) is 0 Å². The fourth-order valence-corrected chi connectivity index (χ4v) is 2.52. The van der Waals surface area contributed by atoms with Crippen molar-refractivity contribution in [2.75, 3.05) is 39.8 Å². The number of likely N-dealkylation sites (N-methyl/N-ethyl adjacent to an activating group) is 1. The van der Waals surface area contributed by atoms with Crippen molar-refractivity contribution in [3.8, 4) is 0 Å². The molecule has 15 heavy (non-hydrogen) atoms. The van der Waals surface area contributed by atoms with Crippen LogP contribution < -0.4 is 5.32 Å². The highest BCUT2D eigenvalue weighted by Gasteiger charge is 2.43. The zero-order valence-electron chi connectivity index (χ0n) is 9.70. The largest absolute Gasteiger partial charge is 0.338 e. The number of likely N-dealkylation sites (tertiary alicyclic amines) is 1. The van der Waals surface area contributed by atoms with E-state index in [0.717, 1.165) is 45.6 Å². The van der Waals surface area contributed by atoms with Crippen molar-refractivity contribution in [1.29, 1.82) is 0 Å². The first kappa shape index (κ1) is 10.9. The van der Waals surface area contributed by atoms with E-state index in [1.54, 1.807) is 0 Å². The Kier molecular flexibility index (Phi) is 2.98. The lowest BCUT2D eigenvalue weighted by Crippen LogP contribution is -2.56. The molecule has 2 saturated heterocycles. The van der Waals surface area contributed by atoms with Gasteiger partial charge in [0.2, 0.25) is 5.91 Å². The summed E-state index contributed by atoms with van der Waals surface area (Å²) in [5.74, 6) is 0.303. The molecule has 2 fully saturated rings. The first-order valence-corrected chi connectivity index (χ1v) is 5.78. The monoisotopic (exact) mass is 210 g/mol.